The highest BCUT2D eigenvalue weighted by atomic mass is 32.1. The summed E-state index contributed by atoms with van der Waals surface area (Å²) in [5.41, 5.74) is 3.45. The van der Waals surface area contributed by atoms with Crippen LogP contribution >= 0.6 is 12.6 Å². The third kappa shape index (κ3) is 1.85. The molecule has 3 heteroatoms. The highest BCUT2D eigenvalue weighted by Crippen LogP contribution is 2.29. The maximum absolute atomic E-state index is 12.7. The van der Waals surface area contributed by atoms with E-state index >= 15 is 0 Å². The predicted molar refractivity (Wildman–Crippen MR) is 86.0 cm³/mol. The van der Waals surface area contributed by atoms with Crippen molar-refractivity contribution < 1.29 is 4.42 Å². The van der Waals surface area contributed by atoms with E-state index < -0.39 is 0 Å². The SMILES string of the molecule is CCc1cc2oc3ccccc3c(=O)c2c(CC)c1S. The molecule has 0 bridgehead atoms. The number of fused-ring (bicyclic) bond motifs is 2. The predicted octanol–water partition coefficient (Wildman–Crippen LogP) is 4.36. The van der Waals surface area contributed by atoms with E-state index in [4.69, 9.17) is 4.42 Å². The van der Waals surface area contributed by atoms with E-state index in [2.05, 4.69) is 19.6 Å². The Balaban J connectivity index is 2.58. The van der Waals surface area contributed by atoms with Gasteiger partial charge in [-0.05, 0) is 42.2 Å². The number of hydrogen-bond donors (Lipinski definition) is 1. The van der Waals surface area contributed by atoms with Gasteiger partial charge in [0.2, 0.25) is 5.43 Å². The Morgan fingerprint density at radius 3 is 2.55 bits per heavy atom. The molecular formula is C17H16O2S. The molecule has 102 valence electrons. The van der Waals surface area contributed by atoms with E-state index in [9.17, 15) is 4.79 Å². The van der Waals surface area contributed by atoms with Crippen molar-refractivity contribution in [3.8, 4) is 0 Å². The van der Waals surface area contributed by atoms with Gasteiger partial charge in [-0.15, -0.1) is 12.6 Å². The summed E-state index contributed by atoms with van der Waals surface area (Å²) in [4.78, 5) is 13.6. The first-order chi connectivity index (χ1) is 9.67. The first-order valence-corrected chi connectivity index (χ1v) is 7.31. The number of para-hydroxylation sites is 1. The lowest BCUT2D eigenvalue weighted by molar-refractivity contribution is 0.657. The smallest absolute Gasteiger partial charge is 0.200 e. The van der Waals surface area contributed by atoms with Crippen molar-refractivity contribution in [2.45, 2.75) is 31.6 Å². The Bertz CT molecular complexity index is 862. The fraction of sp³-hybridized carbons (Fsp3) is 0.235. The van der Waals surface area contributed by atoms with Crippen LogP contribution in [0.5, 0.6) is 0 Å². The Kier molecular flexibility index (Phi) is 3.30. The topological polar surface area (TPSA) is 30.2 Å². The molecule has 0 radical (unpaired) electrons. The molecule has 0 unspecified atom stereocenters. The average Bonchev–Trinajstić information content (AvgIpc) is 2.47. The molecule has 20 heavy (non-hydrogen) atoms. The number of thiol groups is 1. The van der Waals surface area contributed by atoms with Gasteiger partial charge in [0.15, 0.2) is 0 Å². The molecule has 0 spiro atoms. The summed E-state index contributed by atoms with van der Waals surface area (Å²) in [6.45, 7) is 4.13. The Labute approximate surface area is 122 Å². The quantitative estimate of drug-likeness (QED) is 0.560. The van der Waals surface area contributed by atoms with Crippen LogP contribution in [0.25, 0.3) is 21.9 Å². The maximum Gasteiger partial charge on any atom is 0.200 e. The van der Waals surface area contributed by atoms with Crippen LogP contribution in [-0.4, -0.2) is 0 Å². The second kappa shape index (κ2) is 4.98. The van der Waals surface area contributed by atoms with E-state index in [-0.39, 0.29) is 5.43 Å². The van der Waals surface area contributed by atoms with E-state index in [0.717, 1.165) is 28.9 Å². The molecule has 3 aromatic rings. The maximum atomic E-state index is 12.7. The largest absolute Gasteiger partial charge is 0.456 e. The van der Waals surface area contributed by atoms with Gasteiger partial charge in [-0.1, -0.05) is 26.0 Å². The summed E-state index contributed by atoms with van der Waals surface area (Å²) >= 11 is 4.61. The van der Waals surface area contributed by atoms with Crippen LogP contribution in [-0.2, 0) is 12.8 Å². The zero-order chi connectivity index (χ0) is 14.3. The number of rotatable bonds is 2. The van der Waals surface area contributed by atoms with Crippen LogP contribution in [0.4, 0.5) is 0 Å². The summed E-state index contributed by atoms with van der Waals surface area (Å²) in [6, 6.07) is 9.34. The third-order valence-electron chi connectivity index (χ3n) is 3.76. The standard InChI is InChI=1S/C17H16O2S/c1-3-10-9-14-15(11(4-2)17(10)20)16(18)12-7-5-6-8-13(12)19-14/h5-9,20H,3-4H2,1-2H3. The van der Waals surface area contributed by atoms with Crippen molar-refractivity contribution >= 4 is 34.6 Å². The van der Waals surface area contributed by atoms with Crippen LogP contribution in [0.2, 0.25) is 0 Å². The molecule has 3 rings (SSSR count). The molecule has 0 aliphatic rings. The molecular weight excluding hydrogens is 268 g/mol. The van der Waals surface area contributed by atoms with Crippen LogP contribution in [0.15, 0.2) is 44.4 Å². The monoisotopic (exact) mass is 284 g/mol. The molecule has 0 saturated heterocycles. The third-order valence-corrected chi connectivity index (χ3v) is 4.31. The van der Waals surface area contributed by atoms with E-state index in [1.807, 2.05) is 37.3 Å². The highest BCUT2D eigenvalue weighted by molar-refractivity contribution is 7.80. The van der Waals surface area contributed by atoms with Crippen molar-refractivity contribution in [1.82, 2.24) is 0 Å². The molecule has 0 aliphatic heterocycles. The normalized spacial score (nSPS) is 11.3. The lowest BCUT2D eigenvalue weighted by Crippen LogP contribution is -2.07. The molecule has 0 saturated carbocycles. The molecule has 0 amide bonds. The molecule has 0 atom stereocenters. The van der Waals surface area contributed by atoms with E-state index in [1.54, 1.807) is 0 Å². The van der Waals surface area contributed by atoms with Crippen molar-refractivity contribution in [2.24, 2.45) is 0 Å². The molecule has 2 aromatic carbocycles. The summed E-state index contributed by atoms with van der Waals surface area (Å²) in [5, 5.41) is 1.31. The van der Waals surface area contributed by atoms with Crippen LogP contribution in [0, 0.1) is 0 Å². The molecule has 2 nitrogen and oxygen atoms in total. The van der Waals surface area contributed by atoms with Gasteiger partial charge in [0, 0.05) is 4.90 Å². The molecule has 1 aromatic heterocycles. The second-order valence-electron chi connectivity index (χ2n) is 4.87. The first-order valence-electron chi connectivity index (χ1n) is 6.86. The van der Waals surface area contributed by atoms with Crippen molar-refractivity contribution in [3.63, 3.8) is 0 Å². The van der Waals surface area contributed by atoms with E-state index in [0.29, 0.717) is 21.9 Å². The zero-order valence-corrected chi connectivity index (χ0v) is 12.5. The van der Waals surface area contributed by atoms with Crippen LogP contribution in [0.1, 0.15) is 25.0 Å². The van der Waals surface area contributed by atoms with Gasteiger partial charge in [0.05, 0.1) is 10.8 Å². The number of hydrogen-bond acceptors (Lipinski definition) is 3. The number of benzene rings is 2. The van der Waals surface area contributed by atoms with E-state index in [1.165, 1.54) is 0 Å². The summed E-state index contributed by atoms with van der Waals surface area (Å²) < 4.78 is 5.93. The second-order valence-corrected chi connectivity index (χ2v) is 5.32. The Hall–Kier alpha value is -1.74. The lowest BCUT2D eigenvalue weighted by atomic mass is 10.00. The molecule has 1 heterocycles. The summed E-state index contributed by atoms with van der Waals surface area (Å²) in [7, 11) is 0. The summed E-state index contributed by atoms with van der Waals surface area (Å²) in [5.74, 6) is 0. The molecule has 0 aliphatic carbocycles. The lowest BCUT2D eigenvalue weighted by Gasteiger charge is -2.12. The Morgan fingerprint density at radius 1 is 1.10 bits per heavy atom. The minimum atomic E-state index is 0.0386. The fourth-order valence-electron chi connectivity index (χ4n) is 2.70. The van der Waals surface area contributed by atoms with Gasteiger partial charge in [0.1, 0.15) is 11.2 Å². The highest BCUT2D eigenvalue weighted by Gasteiger charge is 2.15. The molecule has 0 N–H and O–H groups in total. The van der Waals surface area contributed by atoms with Gasteiger partial charge in [-0.3, -0.25) is 4.79 Å². The fourth-order valence-corrected chi connectivity index (χ4v) is 3.19. The van der Waals surface area contributed by atoms with Gasteiger partial charge < -0.3 is 4.42 Å². The number of aryl methyl sites for hydroxylation is 2. The molecule has 0 fully saturated rings. The Morgan fingerprint density at radius 2 is 1.85 bits per heavy atom. The van der Waals surface area contributed by atoms with Gasteiger partial charge in [-0.2, -0.15) is 0 Å². The average molecular weight is 284 g/mol. The van der Waals surface area contributed by atoms with Crippen molar-refractivity contribution in [1.29, 1.82) is 0 Å². The van der Waals surface area contributed by atoms with Crippen LogP contribution < -0.4 is 5.43 Å². The van der Waals surface area contributed by atoms with Crippen molar-refractivity contribution in [2.75, 3.05) is 0 Å². The van der Waals surface area contributed by atoms with Gasteiger partial charge >= 0.3 is 0 Å². The van der Waals surface area contributed by atoms with Gasteiger partial charge in [0.25, 0.3) is 0 Å². The van der Waals surface area contributed by atoms with Gasteiger partial charge in [-0.25, -0.2) is 0 Å². The zero-order valence-electron chi connectivity index (χ0n) is 11.6. The van der Waals surface area contributed by atoms with Crippen LogP contribution in [0.3, 0.4) is 0 Å². The minimum absolute atomic E-state index is 0.0386. The first kappa shape index (κ1) is 13.3. The summed E-state index contributed by atoms with van der Waals surface area (Å²) in [6.07, 6.45) is 1.64. The van der Waals surface area contributed by atoms with Crippen molar-refractivity contribution in [3.05, 3.63) is 51.7 Å². The minimum Gasteiger partial charge on any atom is -0.456 e.